The Hall–Kier alpha value is -3.67. The van der Waals surface area contributed by atoms with Crippen molar-refractivity contribution < 1.29 is 13.9 Å². The van der Waals surface area contributed by atoms with Crippen LogP contribution in [0.5, 0.6) is 5.75 Å². The lowest BCUT2D eigenvalue weighted by atomic mass is 10.1. The molecule has 0 spiro atoms. The first kappa shape index (κ1) is 16.8. The summed E-state index contributed by atoms with van der Waals surface area (Å²) in [7, 11) is 0. The van der Waals surface area contributed by atoms with Crippen LogP contribution in [0.3, 0.4) is 0 Å². The lowest BCUT2D eigenvalue weighted by molar-refractivity contribution is 0.475. The van der Waals surface area contributed by atoms with Gasteiger partial charge in [0.15, 0.2) is 0 Å². The first-order chi connectivity index (χ1) is 13.2. The number of halogens is 1. The molecule has 6 heteroatoms. The van der Waals surface area contributed by atoms with Crippen LogP contribution in [0.15, 0.2) is 83.3 Å². The summed E-state index contributed by atoms with van der Waals surface area (Å²) in [6, 6.07) is 21.6. The van der Waals surface area contributed by atoms with Crippen LogP contribution in [-0.4, -0.2) is 15.3 Å². The lowest BCUT2D eigenvalue weighted by Crippen LogP contribution is -2.14. The van der Waals surface area contributed by atoms with Crippen molar-refractivity contribution in [1.82, 2.24) is 10.2 Å². The van der Waals surface area contributed by atoms with Gasteiger partial charge >= 0.3 is 0 Å². The Morgan fingerprint density at radius 3 is 2.30 bits per heavy atom. The minimum atomic E-state index is -0.680. The van der Waals surface area contributed by atoms with Gasteiger partial charge in [0.2, 0.25) is 11.8 Å². The van der Waals surface area contributed by atoms with Crippen LogP contribution in [0.1, 0.15) is 17.5 Å². The molecule has 3 aromatic carbocycles. The van der Waals surface area contributed by atoms with Crippen LogP contribution in [0.2, 0.25) is 0 Å². The second kappa shape index (κ2) is 7.29. The Labute approximate surface area is 155 Å². The SMILES string of the molecule is Oc1ccc(NC(c2nnc(-c3ccccc3)o2)c2ccccc2F)cc1. The molecule has 0 radical (unpaired) electrons. The molecule has 0 bridgehead atoms. The minimum Gasteiger partial charge on any atom is -0.508 e. The zero-order valence-corrected chi connectivity index (χ0v) is 14.2. The van der Waals surface area contributed by atoms with Gasteiger partial charge in [-0.05, 0) is 42.5 Å². The highest BCUT2D eigenvalue weighted by Gasteiger charge is 2.24. The van der Waals surface area contributed by atoms with E-state index in [0.29, 0.717) is 17.1 Å². The van der Waals surface area contributed by atoms with Crippen LogP contribution < -0.4 is 5.32 Å². The second-order valence-electron chi connectivity index (χ2n) is 5.96. The summed E-state index contributed by atoms with van der Waals surface area (Å²) >= 11 is 0. The fourth-order valence-corrected chi connectivity index (χ4v) is 2.75. The van der Waals surface area contributed by atoms with Gasteiger partial charge in [-0.2, -0.15) is 0 Å². The third kappa shape index (κ3) is 3.64. The molecule has 0 aliphatic heterocycles. The minimum absolute atomic E-state index is 0.146. The van der Waals surface area contributed by atoms with Gasteiger partial charge in [0, 0.05) is 16.8 Å². The molecule has 1 aromatic heterocycles. The van der Waals surface area contributed by atoms with E-state index in [2.05, 4.69) is 15.5 Å². The van der Waals surface area contributed by atoms with E-state index in [-0.39, 0.29) is 17.5 Å². The highest BCUT2D eigenvalue weighted by molar-refractivity contribution is 5.53. The molecule has 1 atom stereocenters. The Balaban J connectivity index is 1.73. The van der Waals surface area contributed by atoms with E-state index in [1.807, 2.05) is 30.3 Å². The molecular weight excluding hydrogens is 345 g/mol. The summed E-state index contributed by atoms with van der Waals surface area (Å²) in [5.74, 6) is 0.367. The summed E-state index contributed by atoms with van der Waals surface area (Å²) in [6.07, 6.45) is 0. The maximum absolute atomic E-state index is 14.5. The first-order valence-corrected chi connectivity index (χ1v) is 8.39. The van der Waals surface area contributed by atoms with Crippen LogP contribution in [-0.2, 0) is 0 Å². The van der Waals surface area contributed by atoms with E-state index in [4.69, 9.17) is 4.42 Å². The van der Waals surface area contributed by atoms with Crippen molar-refractivity contribution in [2.75, 3.05) is 5.32 Å². The summed E-state index contributed by atoms with van der Waals surface area (Å²) in [5, 5.41) is 20.9. The Morgan fingerprint density at radius 2 is 1.56 bits per heavy atom. The Morgan fingerprint density at radius 1 is 0.852 bits per heavy atom. The van der Waals surface area contributed by atoms with Crippen molar-refractivity contribution in [3.8, 4) is 17.2 Å². The fourth-order valence-electron chi connectivity index (χ4n) is 2.75. The molecule has 0 aliphatic rings. The van der Waals surface area contributed by atoms with E-state index in [1.165, 1.54) is 6.07 Å². The molecule has 0 saturated carbocycles. The van der Waals surface area contributed by atoms with E-state index in [9.17, 15) is 9.50 Å². The molecule has 1 heterocycles. The molecule has 0 amide bonds. The van der Waals surface area contributed by atoms with Crippen LogP contribution in [0, 0.1) is 5.82 Å². The Bertz CT molecular complexity index is 1030. The average molecular weight is 361 g/mol. The smallest absolute Gasteiger partial charge is 0.247 e. The van der Waals surface area contributed by atoms with Gasteiger partial charge < -0.3 is 14.8 Å². The molecule has 0 fully saturated rings. The van der Waals surface area contributed by atoms with E-state index in [1.54, 1.807) is 42.5 Å². The topological polar surface area (TPSA) is 71.2 Å². The molecular formula is C21H16FN3O2. The number of anilines is 1. The van der Waals surface area contributed by atoms with Gasteiger partial charge in [-0.1, -0.05) is 36.4 Å². The number of benzene rings is 3. The largest absolute Gasteiger partial charge is 0.508 e. The zero-order valence-electron chi connectivity index (χ0n) is 14.2. The fraction of sp³-hybridized carbons (Fsp3) is 0.0476. The number of rotatable bonds is 5. The number of aromatic hydroxyl groups is 1. The van der Waals surface area contributed by atoms with Gasteiger partial charge in [0.05, 0.1) is 0 Å². The van der Waals surface area contributed by atoms with Crippen molar-refractivity contribution in [2.24, 2.45) is 0 Å². The molecule has 134 valence electrons. The standard InChI is InChI=1S/C21H16FN3O2/c22-18-9-5-4-8-17(18)19(23-15-10-12-16(26)13-11-15)21-25-24-20(27-21)14-6-2-1-3-7-14/h1-13,19,23,26H. The van der Waals surface area contributed by atoms with Crippen LogP contribution in [0.25, 0.3) is 11.5 Å². The quantitative estimate of drug-likeness (QED) is 0.501. The predicted molar refractivity (Wildman–Crippen MR) is 99.7 cm³/mol. The third-order valence-electron chi connectivity index (χ3n) is 4.10. The van der Waals surface area contributed by atoms with Gasteiger partial charge in [-0.3, -0.25) is 0 Å². The van der Waals surface area contributed by atoms with Gasteiger partial charge in [-0.25, -0.2) is 4.39 Å². The van der Waals surface area contributed by atoms with Crippen molar-refractivity contribution >= 4 is 5.69 Å². The number of phenolic OH excluding ortho intramolecular Hbond substituents is 1. The highest BCUT2D eigenvalue weighted by atomic mass is 19.1. The van der Waals surface area contributed by atoms with Crippen molar-refractivity contribution in [2.45, 2.75) is 6.04 Å². The van der Waals surface area contributed by atoms with E-state index in [0.717, 1.165) is 5.56 Å². The summed E-state index contributed by atoms with van der Waals surface area (Å²) in [5.41, 5.74) is 1.85. The molecule has 0 aliphatic carbocycles. The lowest BCUT2D eigenvalue weighted by Gasteiger charge is -2.17. The van der Waals surface area contributed by atoms with Gasteiger partial charge in [-0.15, -0.1) is 10.2 Å². The number of phenols is 1. The molecule has 1 unspecified atom stereocenters. The van der Waals surface area contributed by atoms with Crippen molar-refractivity contribution in [1.29, 1.82) is 0 Å². The first-order valence-electron chi connectivity index (χ1n) is 8.39. The van der Waals surface area contributed by atoms with E-state index < -0.39 is 6.04 Å². The van der Waals surface area contributed by atoms with Gasteiger partial charge in [0.25, 0.3) is 0 Å². The highest BCUT2D eigenvalue weighted by Crippen LogP contribution is 2.30. The van der Waals surface area contributed by atoms with E-state index >= 15 is 0 Å². The maximum Gasteiger partial charge on any atom is 0.247 e. The summed E-state index contributed by atoms with van der Waals surface area (Å²) < 4.78 is 20.3. The molecule has 2 N–H and O–H groups in total. The van der Waals surface area contributed by atoms with Crippen LogP contribution in [0.4, 0.5) is 10.1 Å². The number of hydrogen-bond donors (Lipinski definition) is 2. The maximum atomic E-state index is 14.5. The van der Waals surface area contributed by atoms with Crippen molar-refractivity contribution in [3.63, 3.8) is 0 Å². The number of nitrogens with zero attached hydrogens (tertiary/aromatic N) is 2. The summed E-state index contributed by atoms with van der Waals surface area (Å²) in [6.45, 7) is 0. The third-order valence-corrected chi connectivity index (χ3v) is 4.10. The monoisotopic (exact) mass is 361 g/mol. The van der Waals surface area contributed by atoms with Gasteiger partial charge in [0.1, 0.15) is 17.6 Å². The predicted octanol–water partition coefficient (Wildman–Crippen LogP) is 4.78. The zero-order chi connectivity index (χ0) is 18.6. The molecule has 5 nitrogen and oxygen atoms in total. The summed E-state index contributed by atoms with van der Waals surface area (Å²) in [4.78, 5) is 0. The average Bonchev–Trinajstić information content (AvgIpc) is 3.19. The van der Waals surface area contributed by atoms with Crippen molar-refractivity contribution in [3.05, 3.63) is 96.1 Å². The van der Waals surface area contributed by atoms with Crippen LogP contribution >= 0.6 is 0 Å². The molecule has 4 aromatic rings. The Kier molecular flexibility index (Phi) is 4.53. The normalized spacial score (nSPS) is 11.9. The molecule has 4 rings (SSSR count). The molecule has 0 saturated heterocycles. The number of nitrogens with one attached hydrogen (secondary N) is 1. The molecule has 27 heavy (non-hydrogen) atoms. The second-order valence-corrected chi connectivity index (χ2v) is 5.96. The number of hydrogen-bond acceptors (Lipinski definition) is 5. The number of aromatic nitrogens is 2.